The lowest BCUT2D eigenvalue weighted by Gasteiger charge is -2.35. The number of hydrogen-bond acceptors (Lipinski definition) is 5. The van der Waals surface area contributed by atoms with Crippen LogP contribution in [0.1, 0.15) is 37.3 Å². The molecule has 2 saturated heterocycles. The van der Waals surface area contributed by atoms with Gasteiger partial charge in [-0.25, -0.2) is 0 Å². The van der Waals surface area contributed by atoms with Crippen LogP contribution in [0.2, 0.25) is 0 Å². The lowest BCUT2D eigenvalue weighted by Crippen LogP contribution is -2.55. The number of aromatic nitrogens is 2. The Kier molecular flexibility index (Phi) is 6.60. The van der Waals surface area contributed by atoms with Crippen molar-refractivity contribution in [3.63, 3.8) is 0 Å². The van der Waals surface area contributed by atoms with Crippen LogP contribution in [0.25, 0.3) is 0 Å². The van der Waals surface area contributed by atoms with Crippen LogP contribution < -0.4 is 10.2 Å². The van der Waals surface area contributed by atoms with Gasteiger partial charge in [-0.2, -0.15) is 5.10 Å². The number of anilines is 1. The van der Waals surface area contributed by atoms with Gasteiger partial charge < -0.3 is 19.5 Å². The van der Waals surface area contributed by atoms with Crippen LogP contribution in [-0.2, 0) is 11.8 Å². The minimum atomic E-state index is 0.0580. The molecular weight excluding hydrogens is 394 g/mol. The Bertz CT molecular complexity index is 913. The van der Waals surface area contributed by atoms with E-state index in [0.29, 0.717) is 19.6 Å². The van der Waals surface area contributed by atoms with Gasteiger partial charge in [-0.05, 0) is 51.9 Å². The standard InChI is InChI=1S/C22H33N7O2/c1-4-23-22(28-11-12-29(21(30)16-28)18-13-25-26(3)15-18)24-14-19(27-9-5-6-10-27)20-8-7-17(2)31-20/h7-8,13,15,19H,4-6,9-12,14,16H2,1-3H3,(H,23,24). The quantitative estimate of drug-likeness (QED) is 0.559. The van der Waals surface area contributed by atoms with Gasteiger partial charge in [0.25, 0.3) is 0 Å². The predicted molar refractivity (Wildman–Crippen MR) is 120 cm³/mol. The van der Waals surface area contributed by atoms with Crippen molar-refractivity contribution in [2.75, 3.05) is 50.7 Å². The second-order valence-corrected chi connectivity index (χ2v) is 8.24. The second-order valence-electron chi connectivity index (χ2n) is 8.24. The van der Waals surface area contributed by atoms with Gasteiger partial charge in [0.1, 0.15) is 18.1 Å². The Morgan fingerprint density at radius 1 is 1.26 bits per heavy atom. The molecule has 4 heterocycles. The van der Waals surface area contributed by atoms with Crippen LogP contribution in [0.3, 0.4) is 0 Å². The first-order chi connectivity index (χ1) is 15.0. The normalized spacial score (nSPS) is 19.3. The van der Waals surface area contributed by atoms with E-state index in [9.17, 15) is 4.79 Å². The van der Waals surface area contributed by atoms with Gasteiger partial charge >= 0.3 is 0 Å². The first-order valence-electron chi connectivity index (χ1n) is 11.2. The van der Waals surface area contributed by atoms with Gasteiger partial charge in [-0.15, -0.1) is 0 Å². The zero-order valence-electron chi connectivity index (χ0n) is 18.8. The SMILES string of the molecule is CCNC(=NCC(c1ccc(C)o1)N1CCCC1)N1CCN(c2cnn(C)c2)C(=O)C1. The van der Waals surface area contributed by atoms with Crippen molar-refractivity contribution < 1.29 is 9.21 Å². The number of likely N-dealkylation sites (tertiary alicyclic amines) is 1. The molecule has 0 spiro atoms. The van der Waals surface area contributed by atoms with Gasteiger partial charge in [0.2, 0.25) is 5.91 Å². The molecule has 31 heavy (non-hydrogen) atoms. The predicted octanol–water partition coefficient (Wildman–Crippen LogP) is 1.77. The summed E-state index contributed by atoms with van der Waals surface area (Å²) >= 11 is 0. The Morgan fingerprint density at radius 3 is 2.68 bits per heavy atom. The average Bonchev–Trinajstić information content (AvgIpc) is 3.51. The molecule has 9 nitrogen and oxygen atoms in total. The van der Waals surface area contributed by atoms with Crippen LogP contribution in [-0.4, -0.2) is 77.3 Å². The first kappa shape index (κ1) is 21.4. The summed E-state index contributed by atoms with van der Waals surface area (Å²) in [7, 11) is 1.86. The molecule has 4 rings (SSSR count). The van der Waals surface area contributed by atoms with Gasteiger partial charge in [0.15, 0.2) is 5.96 Å². The van der Waals surface area contributed by atoms with E-state index >= 15 is 0 Å². The minimum absolute atomic E-state index is 0.0580. The summed E-state index contributed by atoms with van der Waals surface area (Å²) in [6.07, 6.45) is 6.03. The van der Waals surface area contributed by atoms with Crippen LogP contribution in [0.15, 0.2) is 33.9 Å². The molecule has 0 aliphatic carbocycles. The molecule has 1 unspecified atom stereocenters. The Morgan fingerprint density at radius 2 is 2.06 bits per heavy atom. The maximum Gasteiger partial charge on any atom is 0.246 e. The van der Waals surface area contributed by atoms with Gasteiger partial charge in [-0.1, -0.05) is 0 Å². The third-order valence-electron chi connectivity index (χ3n) is 5.94. The fourth-order valence-electron chi connectivity index (χ4n) is 4.34. The van der Waals surface area contributed by atoms with E-state index in [1.54, 1.807) is 15.8 Å². The molecule has 2 aliphatic heterocycles. The third-order valence-corrected chi connectivity index (χ3v) is 5.94. The van der Waals surface area contributed by atoms with Crippen molar-refractivity contribution in [2.45, 2.75) is 32.7 Å². The highest BCUT2D eigenvalue weighted by Gasteiger charge is 2.29. The Hall–Kier alpha value is -2.81. The number of carbonyl (C=O) groups excluding carboxylic acids is 1. The number of nitrogens with one attached hydrogen (secondary N) is 1. The summed E-state index contributed by atoms with van der Waals surface area (Å²) < 4.78 is 7.68. The number of carbonyl (C=O) groups is 1. The number of guanidine groups is 1. The molecular formula is C22H33N7O2. The first-order valence-corrected chi connectivity index (χ1v) is 11.2. The third kappa shape index (κ3) is 4.92. The van der Waals surface area contributed by atoms with E-state index in [-0.39, 0.29) is 11.9 Å². The zero-order valence-corrected chi connectivity index (χ0v) is 18.8. The number of amides is 1. The minimum Gasteiger partial charge on any atom is -0.465 e. The molecule has 0 radical (unpaired) electrons. The molecule has 1 atom stereocenters. The van der Waals surface area contributed by atoms with Gasteiger partial charge in [0.05, 0.1) is 24.5 Å². The molecule has 9 heteroatoms. The number of nitrogens with zero attached hydrogens (tertiary/aromatic N) is 6. The molecule has 168 valence electrons. The highest BCUT2D eigenvalue weighted by Crippen LogP contribution is 2.27. The fourth-order valence-corrected chi connectivity index (χ4v) is 4.34. The van der Waals surface area contributed by atoms with Crippen molar-refractivity contribution in [1.82, 2.24) is 24.9 Å². The van der Waals surface area contributed by atoms with Crippen molar-refractivity contribution in [2.24, 2.45) is 12.0 Å². The molecule has 1 amide bonds. The number of piperazine rings is 1. The van der Waals surface area contributed by atoms with Gasteiger partial charge in [0, 0.05) is 32.9 Å². The maximum atomic E-state index is 12.8. The number of hydrogen-bond donors (Lipinski definition) is 1. The lowest BCUT2D eigenvalue weighted by molar-refractivity contribution is -0.120. The van der Waals surface area contributed by atoms with Crippen LogP contribution in [0.5, 0.6) is 0 Å². The molecule has 2 aromatic rings. The highest BCUT2D eigenvalue weighted by molar-refractivity contribution is 5.98. The van der Waals surface area contributed by atoms with Crippen molar-refractivity contribution in [3.05, 3.63) is 36.0 Å². The van der Waals surface area contributed by atoms with Crippen LogP contribution >= 0.6 is 0 Å². The summed E-state index contributed by atoms with van der Waals surface area (Å²) in [5.74, 6) is 2.74. The van der Waals surface area contributed by atoms with Crippen molar-refractivity contribution in [3.8, 4) is 0 Å². The topological polar surface area (TPSA) is 82.1 Å². The molecule has 0 bridgehead atoms. The number of aryl methyl sites for hydroxylation is 2. The lowest BCUT2D eigenvalue weighted by atomic mass is 10.2. The summed E-state index contributed by atoms with van der Waals surface area (Å²) in [5.41, 5.74) is 0.844. The molecule has 2 fully saturated rings. The number of rotatable bonds is 6. The largest absolute Gasteiger partial charge is 0.465 e. The van der Waals surface area contributed by atoms with E-state index in [1.165, 1.54) is 12.8 Å². The molecule has 2 aliphatic rings. The van der Waals surface area contributed by atoms with Crippen LogP contribution in [0.4, 0.5) is 5.69 Å². The van der Waals surface area contributed by atoms with Crippen molar-refractivity contribution >= 4 is 17.6 Å². The highest BCUT2D eigenvalue weighted by atomic mass is 16.3. The molecule has 0 aromatic carbocycles. The maximum absolute atomic E-state index is 12.8. The van der Waals surface area contributed by atoms with E-state index in [2.05, 4.69) is 28.3 Å². The number of aliphatic imine (C=N–C) groups is 1. The van der Waals surface area contributed by atoms with E-state index in [0.717, 1.165) is 49.3 Å². The van der Waals surface area contributed by atoms with Crippen molar-refractivity contribution in [1.29, 1.82) is 0 Å². The second kappa shape index (κ2) is 9.55. The number of furan rings is 1. The zero-order chi connectivity index (χ0) is 21.8. The average molecular weight is 428 g/mol. The fraction of sp³-hybridized carbons (Fsp3) is 0.591. The summed E-state index contributed by atoms with van der Waals surface area (Å²) in [5, 5.41) is 7.56. The van der Waals surface area contributed by atoms with E-state index < -0.39 is 0 Å². The summed E-state index contributed by atoms with van der Waals surface area (Å²) in [6.45, 7) is 9.16. The Balaban J connectivity index is 1.47. The van der Waals surface area contributed by atoms with Gasteiger partial charge in [-0.3, -0.25) is 19.4 Å². The smallest absolute Gasteiger partial charge is 0.246 e. The molecule has 2 aromatic heterocycles. The summed E-state index contributed by atoms with van der Waals surface area (Å²) in [4.78, 5) is 24.1. The van der Waals surface area contributed by atoms with E-state index in [4.69, 9.17) is 9.41 Å². The summed E-state index contributed by atoms with van der Waals surface area (Å²) in [6, 6.07) is 4.21. The Labute approximate surface area is 183 Å². The molecule has 1 N–H and O–H groups in total. The van der Waals surface area contributed by atoms with E-state index in [1.807, 2.05) is 31.1 Å². The molecule has 0 saturated carbocycles. The van der Waals surface area contributed by atoms with Crippen LogP contribution in [0, 0.1) is 6.92 Å². The monoisotopic (exact) mass is 427 g/mol.